The lowest BCUT2D eigenvalue weighted by Gasteiger charge is -2.60. The summed E-state index contributed by atoms with van der Waals surface area (Å²) in [6.45, 7) is -0.207. The molecule has 194 valence electrons. The first-order valence-corrected chi connectivity index (χ1v) is 12.9. The van der Waals surface area contributed by atoms with E-state index in [0.717, 1.165) is 32.1 Å². The minimum Gasteiger partial charge on any atom is -0.460 e. The lowest BCUT2D eigenvalue weighted by atomic mass is 9.48. The molecule has 6 bridgehead atoms. The number of hydrogen-bond acceptors (Lipinski definition) is 10. The van der Waals surface area contributed by atoms with Gasteiger partial charge < -0.3 is 14.2 Å². The molecule has 1 saturated heterocycles. The third-order valence-electron chi connectivity index (χ3n) is 9.40. The molecule has 12 heteroatoms. The van der Waals surface area contributed by atoms with Crippen LogP contribution >= 0.6 is 12.0 Å². The van der Waals surface area contributed by atoms with E-state index < -0.39 is 39.9 Å². The van der Waals surface area contributed by atoms with Crippen molar-refractivity contribution in [3.8, 4) is 0 Å². The predicted octanol–water partition coefficient (Wildman–Crippen LogP) is 3.81. The van der Waals surface area contributed by atoms with E-state index in [1.165, 1.54) is 0 Å². The zero-order valence-electron chi connectivity index (χ0n) is 19.0. The number of carbonyl (C=O) groups is 3. The van der Waals surface area contributed by atoms with Crippen molar-refractivity contribution in [2.45, 2.75) is 80.7 Å². The highest BCUT2D eigenvalue weighted by molar-refractivity contribution is 7.96. The Morgan fingerprint density at radius 3 is 2.51 bits per heavy atom. The molecule has 35 heavy (non-hydrogen) atoms. The van der Waals surface area contributed by atoms with Crippen molar-refractivity contribution in [1.29, 1.82) is 0 Å². The number of carbonyl (C=O) groups excluding carboxylic acids is 3. The van der Waals surface area contributed by atoms with Crippen molar-refractivity contribution in [2.24, 2.45) is 35.0 Å². The molecule has 0 aromatic heterocycles. The Morgan fingerprint density at radius 1 is 1.09 bits per heavy atom. The van der Waals surface area contributed by atoms with E-state index in [9.17, 15) is 23.2 Å². The Kier molecular flexibility index (Phi) is 5.45. The van der Waals surface area contributed by atoms with E-state index in [2.05, 4.69) is 9.37 Å². The average Bonchev–Trinajstić information content (AvgIpc) is 3.36. The second-order valence-corrected chi connectivity index (χ2v) is 12.7. The number of hydrogen-bond donors (Lipinski definition) is 1. The number of fused-ring (bicyclic) bond motifs is 1. The summed E-state index contributed by atoms with van der Waals surface area (Å²) in [5.41, 5.74) is -1.99. The zero-order chi connectivity index (χ0) is 24.6. The first-order chi connectivity index (χ1) is 16.5. The topological polar surface area (TPSA) is 118 Å². The fraction of sp³-hybridized carbons (Fsp3) is 0.870. The summed E-state index contributed by atoms with van der Waals surface area (Å²) in [4.78, 5) is 37.4. The van der Waals surface area contributed by atoms with Gasteiger partial charge in [0.2, 0.25) is 0 Å². The Balaban J connectivity index is 1.12. The third-order valence-corrected chi connectivity index (χ3v) is 9.90. The molecule has 0 radical (unpaired) electrons. The van der Waals surface area contributed by atoms with Gasteiger partial charge in [0.25, 0.3) is 0 Å². The molecule has 1 heterocycles. The third kappa shape index (κ3) is 3.95. The van der Waals surface area contributed by atoms with Crippen molar-refractivity contribution in [3.05, 3.63) is 0 Å². The molecule has 0 aromatic rings. The Hall–Kier alpha value is -1.50. The van der Waals surface area contributed by atoms with Crippen LogP contribution in [-0.4, -0.2) is 46.2 Å². The van der Waals surface area contributed by atoms with Gasteiger partial charge in [-0.2, -0.15) is 8.78 Å². The second kappa shape index (κ2) is 8.00. The molecule has 0 amide bonds. The molecule has 1 aliphatic heterocycles. The summed E-state index contributed by atoms with van der Waals surface area (Å²) in [5, 5.41) is 7.16. The van der Waals surface area contributed by atoms with Gasteiger partial charge in [0.05, 0.1) is 18.9 Å². The van der Waals surface area contributed by atoms with E-state index in [1.54, 1.807) is 0 Å². The van der Waals surface area contributed by atoms with Crippen LogP contribution in [0.3, 0.4) is 0 Å². The highest BCUT2D eigenvalue weighted by atomic mass is 32.2. The number of rotatable bonds is 9. The van der Waals surface area contributed by atoms with Crippen LogP contribution in [0.15, 0.2) is 0 Å². The molecule has 6 atom stereocenters. The zero-order valence-corrected chi connectivity index (χ0v) is 19.9. The lowest BCUT2D eigenvalue weighted by Crippen LogP contribution is -2.59. The molecule has 0 aromatic carbocycles. The van der Waals surface area contributed by atoms with Gasteiger partial charge in [0.1, 0.15) is 23.2 Å². The van der Waals surface area contributed by atoms with E-state index in [4.69, 9.17) is 19.5 Å². The standard InChI is InChI=1S/C23H28F2O9S/c24-23(25,35-34-33-29)19(28)30-11-20-4-13-1-14(5-20)7-21(6-13,10-20)31-17(26)9-22-8-12-2-15(16(22)3-12)18(27)32-22/h12-16,29H,1-11H2. The van der Waals surface area contributed by atoms with Gasteiger partial charge in [-0.05, 0) is 75.5 Å². The maximum absolute atomic E-state index is 13.8. The molecule has 6 unspecified atom stereocenters. The molecule has 7 aliphatic rings. The Morgan fingerprint density at radius 2 is 1.83 bits per heavy atom. The molecular weight excluding hydrogens is 490 g/mol. The van der Waals surface area contributed by atoms with Crippen molar-refractivity contribution >= 4 is 30.0 Å². The van der Waals surface area contributed by atoms with Crippen LogP contribution in [-0.2, 0) is 38.0 Å². The van der Waals surface area contributed by atoms with Gasteiger partial charge in [-0.3, -0.25) is 9.59 Å². The SMILES string of the molecule is O=C(CC12CC3CC(C(=O)O1)C2C3)OC12CC3CC(CC(COC(=O)C(F)(F)SOOO)(C3)C1)C2. The first-order valence-electron chi connectivity index (χ1n) is 12.2. The van der Waals surface area contributed by atoms with Crippen LogP contribution in [0.1, 0.15) is 64.2 Å². The normalized spacial score (nSPS) is 44.5. The summed E-state index contributed by atoms with van der Waals surface area (Å²) >= 11 is -0.649. The maximum atomic E-state index is 13.8. The van der Waals surface area contributed by atoms with Crippen LogP contribution in [0, 0.1) is 35.0 Å². The van der Waals surface area contributed by atoms with Gasteiger partial charge in [0.15, 0.2) is 0 Å². The molecule has 7 fully saturated rings. The van der Waals surface area contributed by atoms with E-state index >= 15 is 0 Å². The summed E-state index contributed by atoms with van der Waals surface area (Å²) in [6.07, 6.45) is 6.84. The van der Waals surface area contributed by atoms with Crippen molar-refractivity contribution < 1.29 is 52.0 Å². The monoisotopic (exact) mass is 518 g/mol. The van der Waals surface area contributed by atoms with Gasteiger partial charge in [-0.15, -0.1) is 4.33 Å². The van der Waals surface area contributed by atoms with Crippen LogP contribution in [0.5, 0.6) is 0 Å². The number of alkyl halides is 2. The van der Waals surface area contributed by atoms with Crippen LogP contribution in [0.2, 0.25) is 0 Å². The van der Waals surface area contributed by atoms with Gasteiger partial charge >= 0.3 is 23.2 Å². The van der Waals surface area contributed by atoms with Crippen molar-refractivity contribution in [2.75, 3.05) is 6.61 Å². The van der Waals surface area contributed by atoms with Gasteiger partial charge in [-0.25, -0.2) is 10.1 Å². The number of esters is 3. The van der Waals surface area contributed by atoms with Gasteiger partial charge in [-0.1, -0.05) is 5.04 Å². The molecule has 9 nitrogen and oxygen atoms in total. The van der Waals surface area contributed by atoms with Crippen molar-refractivity contribution in [1.82, 2.24) is 0 Å². The largest absolute Gasteiger partial charge is 0.460 e. The molecule has 6 saturated carbocycles. The van der Waals surface area contributed by atoms with Crippen LogP contribution in [0.25, 0.3) is 0 Å². The van der Waals surface area contributed by atoms with E-state index in [-0.39, 0.29) is 48.6 Å². The van der Waals surface area contributed by atoms with Crippen LogP contribution < -0.4 is 0 Å². The second-order valence-electron chi connectivity index (χ2n) is 11.9. The van der Waals surface area contributed by atoms with Crippen molar-refractivity contribution in [3.63, 3.8) is 0 Å². The number of ether oxygens (including phenoxy) is 3. The van der Waals surface area contributed by atoms with Crippen LogP contribution in [0.4, 0.5) is 8.78 Å². The minimum absolute atomic E-state index is 0.0614. The fourth-order valence-corrected chi connectivity index (χ4v) is 9.24. The summed E-state index contributed by atoms with van der Waals surface area (Å²) in [6, 6.07) is 0. The maximum Gasteiger partial charge on any atom is 0.415 e. The highest BCUT2D eigenvalue weighted by Crippen LogP contribution is 2.64. The lowest BCUT2D eigenvalue weighted by molar-refractivity contribution is -0.433. The Labute approximate surface area is 204 Å². The smallest absolute Gasteiger partial charge is 0.415 e. The summed E-state index contributed by atoms with van der Waals surface area (Å²) in [5.74, 6) is -1.40. The van der Waals surface area contributed by atoms with E-state index in [1.807, 2.05) is 0 Å². The highest BCUT2D eigenvalue weighted by Gasteiger charge is 2.67. The first kappa shape index (κ1) is 23.9. The summed E-state index contributed by atoms with van der Waals surface area (Å²) in [7, 11) is 0. The number of halogens is 2. The minimum atomic E-state index is -4.05. The summed E-state index contributed by atoms with van der Waals surface area (Å²) < 4.78 is 48.3. The molecule has 7 rings (SSSR count). The molecule has 1 N–H and O–H groups in total. The van der Waals surface area contributed by atoms with E-state index in [0.29, 0.717) is 31.6 Å². The average molecular weight is 519 g/mol. The fourth-order valence-electron chi connectivity index (χ4n) is 8.99. The molecular formula is C23H28F2O9S. The quantitative estimate of drug-likeness (QED) is 0.159. The predicted molar refractivity (Wildman–Crippen MR) is 112 cm³/mol. The molecule has 0 spiro atoms. The molecule has 6 aliphatic carbocycles. The Bertz CT molecular complexity index is 930. The van der Waals surface area contributed by atoms with Gasteiger partial charge in [0, 0.05) is 11.3 Å².